The zero-order valence-corrected chi connectivity index (χ0v) is 5.91. The van der Waals surface area contributed by atoms with Crippen LogP contribution in [0.3, 0.4) is 0 Å². The van der Waals surface area contributed by atoms with E-state index in [1.54, 1.807) is 11.8 Å². The van der Waals surface area contributed by atoms with E-state index in [4.69, 9.17) is 6.42 Å². The lowest BCUT2D eigenvalue weighted by Crippen LogP contribution is -2.14. The van der Waals surface area contributed by atoms with Crippen LogP contribution in [0.25, 0.3) is 0 Å². The minimum absolute atomic E-state index is 0.691. The van der Waals surface area contributed by atoms with E-state index >= 15 is 0 Å². The molecule has 0 spiro atoms. The molecular formula is C6H9NOS. The summed E-state index contributed by atoms with van der Waals surface area (Å²) in [7, 11) is 0. The van der Waals surface area contributed by atoms with Crippen molar-refractivity contribution >= 4 is 18.2 Å². The third-order valence-electron chi connectivity index (χ3n) is 0.659. The van der Waals surface area contributed by atoms with Crippen LogP contribution >= 0.6 is 11.8 Å². The maximum Gasteiger partial charge on any atom is 0.207 e. The lowest BCUT2D eigenvalue weighted by Gasteiger charge is -1.93. The molecule has 9 heavy (non-hydrogen) atoms. The molecule has 0 aromatic carbocycles. The molecule has 0 radical (unpaired) electrons. The molecule has 0 saturated carbocycles. The van der Waals surface area contributed by atoms with Gasteiger partial charge in [-0.1, -0.05) is 5.92 Å². The van der Waals surface area contributed by atoms with Crippen LogP contribution in [0.5, 0.6) is 0 Å². The van der Waals surface area contributed by atoms with E-state index in [2.05, 4.69) is 11.2 Å². The number of thioether (sulfide) groups is 1. The van der Waals surface area contributed by atoms with Crippen LogP contribution in [0.4, 0.5) is 0 Å². The van der Waals surface area contributed by atoms with Crippen LogP contribution in [-0.4, -0.2) is 24.5 Å². The van der Waals surface area contributed by atoms with E-state index in [0.717, 1.165) is 11.5 Å². The minimum atomic E-state index is 0.691. The summed E-state index contributed by atoms with van der Waals surface area (Å²) < 4.78 is 0. The van der Waals surface area contributed by atoms with E-state index in [9.17, 15) is 4.79 Å². The van der Waals surface area contributed by atoms with Gasteiger partial charge in [0, 0.05) is 12.3 Å². The fourth-order valence-corrected chi connectivity index (χ4v) is 0.845. The number of amides is 1. The normalized spacial score (nSPS) is 7.89. The fourth-order valence-electron chi connectivity index (χ4n) is 0.321. The van der Waals surface area contributed by atoms with Crippen molar-refractivity contribution in [2.45, 2.75) is 0 Å². The molecule has 1 N–H and O–H groups in total. The molecule has 50 valence electrons. The Hall–Kier alpha value is -0.620. The van der Waals surface area contributed by atoms with Gasteiger partial charge in [-0.2, -0.15) is 0 Å². The van der Waals surface area contributed by atoms with Crippen molar-refractivity contribution < 1.29 is 4.79 Å². The second-order valence-electron chi connectivity index (χ2n) is 1.33. The monoisotopic (exact) mass is 143 g/mol. The van der Waals surface area contributed by atoms with Gasteiger partial charge in [-0.15, -0.1) is 18.2 Å². The fraction of sp³-hybridized carbons (Fsp3) is 0.500. The zero-order chi connectivity index (χ0) is 6.95. The first-order chi connectivity index (χ1) is 4.41. The maximum absolute atomic E-state index is 9.68. The Morgan fingerprint density at radius 1 is 1.78 bits per heavy atom. The smallest absolute Gasteiger partial charge is 0.207 e. The lowest BCUT2D eigenvalue weighted by molar-refractivity contribution is -0.109. The van der Waals surface area contributed by atoms with Gasteiger partial charge < -0.3 is 5.32 Å². The molecule has 0 aromatic heterocycles. The van der Waals surface area contributed by atoms with Crippen molar-refractivity contribution in [2.75, 3.05) is 18.1 Å². The van der Waals surface area contributed by atoms with E-state index in [1.165, 1.54) is 0 Å². The Bertz CT molecular complexity index is 108. The molecule has 0 aliphatic carbocycles. The van der Waals surface area contributed by atoms with Crippen LogP contribution in [0.15, 0.2) is 0 Å². The van der Waals surface area contributed by atoms with Crippen molar-refractivity contribution in [3.05, 3.63) is 0 Å². The Kier molecular flexibility index (Phi) is 6.87. The van der Waals surface area contributed by atoms with E-state index in [0.29, 0.717) is 13.0 Å². The van der Waals surface area contributed by atoms with Crippen molar-refractivity contribution in [1.29, 1.82) is 0 Å². The van der Waals surface area contributed by atoms with Gasteiger partial charge in [0.2, 0.25) is 6.41 Å². The average Bonchev–Trinajstić information content (AvgIpc) is 1.89. The van der Waals surface area contributed by atoms with Crippen LogP contribution < -0.4 is 5.32 Å². The molecule has 0 unspecified atom stereocenters. The number of hydrogen-bond acceptors (Lipinski definition) is 2. The Morgan fingerprint density at radius 3 is 3.11 bits per heavy atom. The predicted molar refractivity (Wildman–Crippen MR) is 40.2 cm³/mol. The molecule has 1 amide bonds. The van der Waals surface area contributed by atoms with Gasteiger partial charge in [-0.25, -0.2) is 0 Å². The van der Waals surface area contributed by atoms with Gasteiger partial charge in [-0.05, 0) is 0 Å². The summed E-state index contributed by atoms with van der Waals surface area (Å²) in [6.45, 7) is 0.704. The number of terminal acetylenes is 1. The number of nitrogens with one attached hydrogen (secondary N) is 1. The molecular weight excluding hydrogens is 134 g/mol. The summed E-state index contributed by atoms with van der Waals surface area (Å²) in [4.78, 5) is 9.68. The van der Waals surface area contributed by atoms with Crippen molar-refractivity contribution in [1.82, 2.24) is 5.32 Å². The molecule has 0 heterocycles. The molecule has 0 aromatic rings. The summed E-state index contributed by atoms with van der Waals surface area (Å²) in [5.41, 5.74) is 0. The van der Waals surface area contributed by atoms with Gasteiger partial charge in [-0.3, -0.25) is 4.79 Å². The minimum Gasteiger partial charge on any atom is -0.358 e. The standard InChI is InChI=1S/C6H9NOS/c1-2-4-9-5-3-7-6-8/h1,6H,3-5H2,(H,7,8). The van der Waals surface area contributed by atoms with Crippen molar-refractivity contribution in [3.8, 4) is 12.3 Å². The average molecular weight is 143 g/mol. The summed E-state index contributed by atoms with van der Waals surface area (Å²) in [5.74, 6) is 4.11. The number of hydrogen-bond donors (Lipinski definition) is 1. The molecule has 0 atom stereocenters. The Balaban J connectivity index is 2.76. The molecule has 0 rings (SSSR count). The molecule has 0 saturated heterocycles. The van der Waals surface area contributed by atoms with Gasteiger partial charge in [0.15, 0.2) is 0 Å². The zero-order valence-electron chi connectivity index (χ0n) is 5.09. The predicted octanol–water partition coefficient (Wildman–Crippen LogP) is 0.0988. The number of carbonyl (C=O) groups excluding carboxylic acids is 1. The molecule has 0 aliphatic heterocycles. The Morgan fingerprint density at radius 2 is 2.56 bits per heavy atom. The van der Waals surface area contributed by atoms with Crippen molar-refractivity contribution in [3.63, 3.8) is 0 Å². The molecule has 0 fully saturated rings. The summed E-state index contributed by atoms with van der Waals surface area (Å²) in [5, 5.41) is 2.54. The van der Waals surface area contributed by atoms with Gasteiger partial charge in [0.1, 0.15) is 0 Å². The molecule has 0 aliphatic rings. The Labute approximate surface area is 59.4 Å². The quantitative estimate of drug-likeness (QED) is 0.336. The SMILES string of the molecule is C#CCSCCNC=O. The summed E-state index contributed by atoms with van der Waals surface area (Å²) in [6.07, 6.45) is 5.67. The second-order valence-corrected chi connectivity index (χ2v) is 2.43. The van der Waals surface area contributed by atoms with E-state index in [1.807, 2.05) is 0 Å². The number of carbonyl (C=O) groups is 1. The van der Waals surface area contributed by atoms with Gasteiger partial charge in [0.05, 0.1) is 5.75 Å². The largest absolute Gasteiger partial charge is 0.358 e. The highest BCUT2D eigenvalue weighted by molar-refractivity contribution is 7.99. The number of rotatable bonds is 5. The second kappa shape index (κ2) is 7.38. The maximum atomic E-state index is 9.68. The van der Waals surface area contributed by atoms with Crippen LogP contribution in [0, 0.1) is 12.3 Å². The first-order valence-electron chi connectivity index (χ1n) is 2.60. The topological polar surface area (TPSA) is 29.1 Å². The highest BCUT2D eigenvalue weighted by Crippen LogP contribution is 1.94. The molecule has 3 heteroatoms. The van der Waals surface area contributed by atoms with Crippen LogP contribution in [-0.2, 0) is 4.79 Å². The third-order valence-corrected chi connectivity index (χ3v) is 1.52. The van der Waals surface area contributed by atoms with Crippen LogP contribution in [0.2, 0.25) is 0 Å². The third kappa shape index (κ3) is 7.38. The van der Waals surface area contributed by atoms with Gasteiger partial charge >= 0.3 is 0 Å². The first-order valence-corrected chi connectivity index (χ1v) is 3.75. The first kappa shape index (κ1) is 8.38. The lowest BCUT2D eigenvalue weighted by atomic mass is 10.8. The van der Waals surface area contributed by atoms with E-state index < -0.39 is 0 Å². The summed E-state index contributed by atoms with van der Waals surface area (Å²) in [6, 6.07) is 0. The molecule has 2 nitrogen and oxygen atoms in total. The van der Waals surface area contributed by atoms with Gasteiger partial charge in [0.25, 0.3) is 0 Å². The van der Waals surface area contributed by atoms with Crippen molar-refractivity contribution in [2.24, 2.45) is 0 Å². The molecule has 0 bridgehead atoms. The van der Waals surface area contributed by atoms with Crippen LogP contribution in [0.1, 0.15) is 0 Å². The summed E-state index contributed by atoms with van der Waals surface area (Å²) >= 11 is 1.64. The van der Waals surface area contributed by atoms with E-state index in [-0.39, 0.29) is 0 Å². The highest BCUT2D eigenvalue weighted by Gasteiger charge is 1.82. The highest BCUT2D eigenvalue weighted by atomic mass is 32.2.